The third-order valence-electron chi connectivity index (χ3n) is 2.33. The number of hydrogen-bond donors (Lipinski definition) is 1. The molecule has 1 aromatic heterocycles. The van der Waals surface area contributed by atoms with Crippen LogP contribution < -0.4 is 10.1 Å². The maximum atomic E-state index is 5.83. The van der Waals surface area contributed by atoms with Gasteiger partial charge in [-0.05, 0) is 35.3 Å². The first-order valence-corrected chi connectivity index (χ1v) is 6.11. The minimum Gasteiger partial charge on any atom is -0.488 e. The van der Waals surface area contributed by atoms with E-state index >= 15 is 0 Å². The highest BCUT2D eigenvalue weighted by atomic mass is 79.9. The summed E-state index contributed by atoms with van der Waals surface area (Å²) in [6.07, 6.45) is 4.13. The summed E-state index contributed by atoms with van der Waals surface area (Å²) in [5.41, 5.74) is 0. The SMILES string of the molecule is Clc1cc(O[C@@H]2CCCNC2)c(Br)cn1. The van der Waals surface area contributed by atoms with Gasteiger partial charge in [0, 0.05) is 18.8 Å². The van der Waals surface area contributed by atoms with Crippen LogP contribution in [-0.2, 0) is 0 Å². The minimum atomic E-state index is 0.230. The Balaban J connectivity index is 2.05. The van der Waals surface area contributed by atoms with E-state index in [0.717, 1.165) is 36.2 Å². The molecule has 3 nitrogen and oxygen atoms in total. The predicted octanol–water partition coefficient (Wildman–Crippen LogP) is 2.63. The topological polar surface area (TPSA) is 34.1 Å². The van der Waals surface area contributed by atoms with Gasteiger partial charge in [0.2, 0.25) is 0 Å². The zero-order chi connectivity index (χ0) is 10.7. The Morgan fingerprint density at radius 2 is 2.47 bits per heavy atom. The summed E-state index contributed by atoms with van der Waals surface area (Å²) in [6, 6.07) is 1.74. The second-order valence-electron chi connectivity index (χ2n) is 3.52. The number of hydrogen-bond acceptors (Lipinski definition) is 3. The second-order valence-corrected chi connectivity index (χ2v) is 4.77. The molecule has 1 N–H and O–H groups in total. The number of pyridine rings is 1. The first kappa shape index (κ1) is 11.2. The Hall–Kier alpha value is -0.320. The zero-order valence-corrected chi connectivity index (χ0v) is 10.5. The lowest BCUT2D eigenvalue weighted by Crippen LogP contribution is -2.37. The van der Waals surface area contributed by atoms with Crippen LogP contribution in [0.3, 0.4) is 0 Å². The summed E-state index contributed by atoms with van der Waals surface area (Å²) in [7, 11) is 0. The van der Waals surface area contributed by atoms with Gasteiger partial charge in [0.05, 0.1) is 4.47 Å². The van der Waals surface area contributed by atoms with E-state index in [1.807, 2.05) is 0 Å². The van der Waals surface area contributed by atoms with Crippen LogP contribution in [0.25, 0.3) is 0 Å². The Morgan fingerprint density at radius 1 is 1.60 bits per heavy atom. The number of halogens is 2. The lowest BCUT2D eigenvalue weighted by atomic mass is 10.1. The van der Waals surface area contributed by atoms with Gasteiger partial charge in [0.1, 0.15) is 17.0 Å². The van der Waals surface area contributed by atoms with Crippen molar-refractivity contribution < 1.29 is 4.74 Å². The molecule has 1 atom stereocenters. The Morgan fingerprint density at radius 3 is 3.20 bits per heavy atom. The van der Waals surface area contributed by atoms with Crippen LogP contribution in [0.5, 0.6) is 5.75 Å². The van der Waals surface area contributed by atoms with Gasteiger partial charge in [-0.25, -0.2) is 4.98 Å². The fraction of sp³-hybridized carbons (Fsp3) is 0.500. The quantitative estimate of drug-likeness (QED) is 0.851. The normalized spacial score (nSPS) is 21.3. The molecule has 0 amide bonds. The van der Waals surface area contributed by atoms with Gasteiger partial charge in [0.15, 0.2) is 0 Å². The standard InChI is InChI=1S/C10H12BrClN2O/c11-8-6-14-10(12)4-9(8)15-7-2-1-3-13-5-7/h4,6-7,13H,1-3,5H2/t7-/m1/s1. The maximum Gasteiger partial charge on any atom is 0.138 e. The van der Waals surface area contributed by atoms with Crippen molar-refractivity contribution >= 4 is 27.5 Å². The van der Waals surface area contributed by atoms with Gasteiger partial charge in [-0.15, -0.1) is 0 Å². The molecule has 5 heteroatoms. The summed E-state index contributed by atoms with van der Waals surface area (Å²) in [5, 5.41) is 3.76. The van der Waals surface area contributed by atoms with E-state index in [4.69, 9.17) is 16.3 Å². The molecule has 0 aliphatic carbocycles. The summed E-state index contributed by atoms with van der Waals surface area (Å²) in [4.78, 5) is 3.96. The summed E-state index contributed by atoms with van der Waals surface area (Å²) < 4.78 is 6.68. The molecule has 1 aliphatic rings. The first-order valence-electron chi connectivity index (χ1n) is 4.94. The lowest BCUT2D eigenvalue weighted by molar-refractivity contribution is 0.166. The van der Waals surface area contributed by atoms with Crippen molar-refractivity contribution in [1.82, 2.24) is 10.3 Å². The molecular formula is C10H12BrClN2O. The van der Waals surface area contributed by atoms with E-state index in [1.165, 1.54) is 0 Å². The molecule has 1 saturated heterocycles. The average Bonchev–Trinajstić information content (AvgIpc) is 2.25. The summed E-state index contributed by atoms with van der Waals surface area (Å²) >= 11 is 9.20. The van der Waals surface area contributed by atoms with Gasteiger partial charge < -0.3 is 10.1 Å². The highest BCUT2D eigenvalue weighted by molar-refractivity contribution is 9.10. The van der Waals surface area contributed by atoms with Gasteiger partial charge in [-0.2, -0.15) is 0 Å². The third kappa shape index (κ3) is 3.06. The first-order chi connectivity index (χ1) is 7.25. The summed E-state index contributed by atoms with van der Waals surface area (Å²) in [6.45, 7) is 1.98. The van der Waals surface area contributed by atoms with Crippen LogP contribution in [-0.4, -0.2) is 24.2 Å². The molecule has 0 unspecified atom stereocenters. The van der Waals surface area contributed by atoms with E-state index < -0.39 is 0 Å². The van der Waals surface area contributed by atoms with E-state index in [-0.39, 0.29) is 6.10 Å². The van der Waals surface area contributed by atoms with E-state index in [2.05, 4.69) is 26.2 Å². The fourth-order valence-corrected chi connectivity index (χ4v) is 2.04. The predicted molar refractivity (Wildman–Crippen MR) is 63.5 cm³/mol. The van der Waals surface area contributed by atoms with Crippen molar-refractivity contribution in [3.05, 3.63) is 21.9 Å². The van der Waals surface area contributed by atoms with Crippen molar-refractivity contribution in [1.29, 1.82) is 0 Å². The van der Waals surface area contributed by atoms with E-state index in [9.17, 15) is 0 Å². The van der Waals surface area contributed by atoms with Gasteiger partial charge in [0.25, 0.3) is 0 Å². The smallest absolute Gasteiger partial charge is 0.138 e. The number of rotatable bonds is 2. The summed E-state index contributed by atoms with van der Waals surface area (Å²) in [5.74, 6) is 0.767. The molecule has 15 heavy (non-hydrogen) atoms. The van der Waals surface area contributed by atoms with E-state index in [0.29, 0.717) is 5.15 Å². The molecule has 2 rings (SSSR count). The molecule has 0 radical (unpaired) electrons. The van der Waals surface area contributed by atoms with Gasteiger partial charge in [-0.1, -0.05) is 11.6 Å². The van der Waals surface area contributed by atoms with Crippen LogP contribution in [0.2, 0.25) is 5.15 Å². The van der Waals surface area contributed by atoms with Crippen LogP contribution >= 0.6 is 27.5 Å². The fourth-order valence-electron chi connectivity index (χ4n) is 1.59. The van der Waals surface area contributed by atoms with Crippen LogP contribution in [0, 0.1) is 0 Å². The van der Waals surface area contributed by atoms with Crippen LogP contribution in [0.1, 0.15) is 12.8 Å². The Kier molecular flexibility index (Phi) is 3.83. The number of ether oxygens (including phenoxy) is 1. The molecule has 0 aromatic carbocycles. The Labute approximate surface area is 102 Å². The van der Waals surface area contributed by atoms with Crippen molar-refractivity contribution in [3.8, 4) is 5.75 Å². The van der Waals surface area contributed by atoms with Crippen molar-refractivity contribution in [2.45, 2.75) is 18.9 Å². The number of piperidine rings is 1. The number of nitrogens with zero attached hydrogens (tertiary/aromatic N) is 1. The van der Waals surface area contributed by atoms with E-state index in [1.54, 1.807) is 12.3 Å². The highest BCUT2D eigenvalue weighted by Gasteiger charge is 2.15. The van der Waals surface area contributed by atoms with Crippen LogP contribution in [0.4, 0.5) is 0 Å². The zero-order valence-electron chi connectivity index (χ0n) is 8.17. The Bertz CT molecular complexity index is 342. The molecule has 0 spiro atoms. The van der Waals surface area contributed by atoms with Gasteiger partial charge in [-0.3, -0.25) is 0 Å². The molecule has 1 aromatic rings. The van der Waals surface area contributed by atoms with Gasteiger partial charge >= 0.3 is 0 Å². The monoisotopic (exact) mass is 290 g/mol. The van der Waals surface area contributed by atoms with Crippen molar-refractivity contribution in [2.75, 3.05) is 13.1 Å². The minimum absolute atomic E-state index is 0.230. The van der Waals surface area contributed by atoms with Crippen molar-refractivity contribution in [2.24, 2.45) is 0 Å². The van der Waals surface area contributed by atoms with Crippen LogP contribution in [0.15, 0.2) is 16.7 Å². The molecule has 0 saturated carbocycles. The molecule has 1 aliphatic heterocycles. The second kappa shape index (κ2) is 5.14. The number of nitrogens with one attached hydrogen (secondary N) is 1. The average molecular weight is 292 g/mol. The maximum absolute atomic E-state index is 5.83. The largest absolute Gasteiger partial charge is 0.488 e. The highest BCUT2D eigenvalue weighted by Crippen LogP contribution is 2.28. The molecular weight excluding hydrogens is 279 g/mol. The number of aromatic nitrogens is 1. The molecule has 0 bridgehead atoms. The molecule has 82 valence electrons. The molecule has 1 fully saturated rings. The third-order valence-corrected chi connectivity index (χ3v) is 3.13. The molecule has 2 heterocycles. The van der Waals surface area contributed by atoms with Crippen molar-refractivity contribution in [3.63, 3.8) is 0 Å². The lowest BCUT2D eigenvalue weighted by Gasteiger charge is -2.24.